The lowest BCUT2D eigenvalue weighted by molar-refractivity contribution is 0.0969. The molecule has 0 aromatic heterocycles. The standard InChI is InChI=1S/C14H30N2/c1-5-15(6-2)12-14-9-7-8-10-16(14)11-13(3)4/h13-14H,5-12H2,1-4H3. The molecule has 1 rings (SSSR count). The van der Waals surface area contributed by atoms with Crippen LogP contribution in [0.25, 0.3) is 0 Å². The maximum Gasteiger partial charge on any atom is 0.0223 e. The van der Waals surface area contributed by atoms with Gasteiger partial charge in [0.25, 0.3) is 0 Å². The zero-order chi connectivity index (χ0) is 12.0. The van der Waals surface area contributed by atoms with Crippen LogP contribution in [-0.4, -0.2) is 48.6 Å². The molecule has 16 heavy (non-hydrogen) atoms. The summed E-state index contributed by atoms with van der Waals surface area (Å²) in [7, 11) is 0. The van der Waals surface area contributed by atoms with Crippen molar-refractivity contribution in [2.24, 2.45) is 5.92 Å². The van der Waals surface area contributed by atoms with Gasteiger partial charge in [0.05, 0.1) is 0 Å². The number of hydrogen-bond acceptors (Lipinski definition) is 2. The van der Waals surface area contributed by atoms with Gasteiger partial charge in [-0.25, -0.2) is 0 Å². The molecule has 0 spiro atoms. The van der Waals surface area contributed by atoms with E-state index in [4.69, 9.17) is 0 Å². The zero-order valence-corrected chi connectivity index (χ0v) is 11.7. The van der Waals surface area contributed by atoms with Gasteiger partial charge in [-0.3, -0.25) is 4.90 Å². The summed E-state index contributed by atoms with van der Waals surface area (Å²) in [6, 6.07) is 0.816. The highest BCUT2D eigenvalue weighted by molar-refractivity contribution is 4.80. The normalized spacial score (nSPS) is 23.2. The number of nitrogens with zero attached hydrogens (tertiary/aromatic N) is 2. The van der Waals surface area contributed by atoms with Crippen molar-refractivity contribution in [1.29, 1.82) is 0 Å². The molecular formula is C14H30N2. The molecule has 0 aromatic carbocycles. The van der Waals surface area contributed by atoms with Crippen molar-refractivity contribution >= 4 is 0 Å². The van der Waals surface area contributed by atoms with E-state index >= 15 is 0 Å². The van der Waals surface area contributed by atoms with Gasteiger partial charge in [-0.2, -0.15) is 0 Å². The molecule has 2 heteroatoms. The number of rotatable bonds is 6. The topological polar surface area (TPSA) is 6.48 Å². The molecule has 96 valence electrons. The molecule has 1 fully saturated rings. The molecule has 1 aliphatic heterocycles. The van der Waals surface area contributed by atoms with Crippen LogP contribution in [0, 0.1) is 5.92 Å². The van der Waals surface area contributed by atoms with Crippen LogP contribution in [0.1, 0.15) is 47.0 Å². The lowest BCUT2D eigenvalue weighted by Crippen LogP contribution is -2.47. The van der Waals surface area contributed by atoms with Crippen molar-refractivity contribution in [1.82, 2.24) is 9.80 Å². The first kappa shape index (κ1) is 14.0. The zero-order valence-electron chi connectivity index (χ0n) is 11.7. The Hall–Kier alpha value is -0.0800. The fourth-order valence-electron chi connectivity index (χ4n) is 2.76. The van der Waals surface area contributed by atoms with Crippen LogP contribution >= 0.6 is 0 Å². The molecule has 0 saturated carbocycles. The predicted molar refractivity (Wildman–Crippen MR) is 71.8 cm³/mol. The summed E-state index contributed by atoms with van der Waals surface area (Å²) in [4.78, 5) is 5.30. The van der Waals surface area contributed by atoms with Crippen molar-refractivity contribution in [3.8, 4) is 0 Å². The first-order chi connectivity index (χ1) is 7.67. The van der Waals surface area contributed by atoms with E-state index in [1.807, 2.05) is 0 Å². The minimum Gasteiger partial charge on any atom is -0.302 e. The van der Waals surface area contributed by atoms with Gasteiger partial charge in [0, 0.05) is 19.1 Å². The highest BCUT2D eigenvalue weighted by atomic mass is 15.2. The van der Waals surface area contributed by atoms with Gasteiger partial charge in [-0.15, -0.1) is 0 Å². The highest BCUT2D eigenvalue weighted by Gasteiger charge is 2.23. The molecule has 1 unspecified atom stereocenters. The van der Waals surface area contributed by atoms with Crippen LogP contribution in [0.2, 0.25) is 0 Å². The van der Waals surface area contributed by atoms with Crippen molar-refractivity contribution in [2.75, 3.05) is 32.7 Å². The van der Waals surface area contributed by atoms with Crippen LogP contribution in [-0.2, 0) is 0 Å². The summed E-state index contributed by atoms with van der Waals surface area (Å²) in [6.45, 7) is 15.5. The van der Waals surface area contributed by atoms with Gasteiger partial charge in [-0.1, -0.05) is 34.1 Å². The van der Waals surface area contributed by atoms with Gasteiger partial charge < -0.3 is 4.90 Å². The summed E-state index contributed by atoms with van der Waals surface area (Å²) in [6.07, 6.45) is 4.24. The second-order valence-electron chi connectivity index (χ2n) is 5.52. The number of likely N-dealkylation sites (tertiary alicyclic amines) is 1. The van der Waals surface area contributed by atoms with Gasteiger partial charge in [-0.05, 0) is 38.4 Å². The molecule has 2 nitrogen and oxygen atoms in total. The van der Waals surface area contributed by atoms with Gasteiger partial charge >= 0.3 is 0 Å². The monoisotopic (exact) mass is 226 g/mol. The van der Waals surface area contributed by atoms with Crippen LogP contribution < -0.4 is 0 Å². The SMILES string of the molecule is CCN(CC)CC1CCCCN1CC(C)C. The molecule has 1 aliphatic rings. The smallest absolute Gasteiger partial charge is 0.0223 e. The summed E-state index contributed by atoms with van der Waals surface area (Å²) < 4.78 is 0. The van der Waals surface area contributed by atoms with E-state index in [0.717, 1.165) is 12.0 Å². The third kappa shape index (κ3) is 4.42. The molecule has 0 bridgehead atoms. The maximum atomic E-state index is 2.73. The lowest BCUT2D eigenvalue weighted by atomic mass is 10.00. The fourth-order valence-corrected chi connectivity index (χ4v) is 2.76. The van der Waals surface area contributed by atoms with E-state index in [2.05, 4.69) is 37.5 Å². The highest BCUT2D eigenvalue weighted by Crippen LogP contribution is 2.19. The largest absolute Gasteiger partial charge is 0.302 e. The fraction of sp³-hybridized carbons (Fsp3) is 1.00. The van der Waals surface area contributed by atoms with E-state index in [9.17, 15) is 0 Å². The maximum absolute atomic E-state index is 2.73. The van der Waals surface area contributed by atoms with Crippen LogP contribution in [0.5, 0.6) is 0 Å². The van der Waals surface area contributed by atoms with Gasteiger partial charge in [0.15, 0.2) is 0 Å². The Bertz CT molecular complexity index is 176. The Labute approximate surface area is 102 Å². The second-order valence-corrected chi connectivity index (χ2v) is 5.52. The van der Waals surface area contributed by atoms with Crippen LogP contribution in [0.15, 0.2) is 0 Å². The molecular weight excluding hydrogens is 196 g/mol. The van der Waals surface area contributed by atoms with Crippen molar-refractivity contribution in [3.05, 3.63) is 0 Å². The Morgan fingerprint density at radius 3 is 2.44 bits per heavy atom. The van der Waals surface area contributed by atoms with E-state index in [1.54, 1.807) is 0 Å². The summed E-state index contributed by atoms with van der Waals surface area (Å²) in [5.41, 5.74) is 0. The van der Waals surface area contributed by atoms with E-state index in [1.165, 1.54) is 52.0 Å². The number of hydrogen-bond donors (Lipinski definition) is 0. The van der Waals surface area contributed by atoms with Gasteiger partial charge in [0.2, 0.25) is 0 Å². The predicted octanol–water partition coefficient (Wildman–Crippen LogP) is 2.84. The van der Waals surface area contributed by atoms with Crippen molar-refractivity contribution in [3.63, 3.8) is 0 Å². The third-order valence-corrected chi connectivity index (χ3v) is 3.71. The molecule has 0 radical (unpaired) electrons. The Kier molecular flexibility index (Phi) is 6.37. The quantitative estimate of drug-likeness (QED) is 0.687. The van der Waals surface area contributed by atoms with Crippen molar-refractivity contribution < 1.29 is 0 Å². The minimum absolute atomic E-state index is 0.803. The lowest BCUT2D eigenvalue weighted by Gasteiger charge is -2.39. The van der Waals surface area contributed by atoms with E-state index in [-0.39, 0.29) is 0 Å². The first-order valence-corrected chi connectivity index (χ1v) is 7.13. The van der Waals surface area contributed by atoms with Crippen molar-refractivity contribution in [2.45, 2.75) is 53.0 Å². The average Bonchev–Trinajstić information content (AvgIpc) is 2.27. The molecule has 0 aromatic rings. The van der Waals surface area contributed by atoms with Gasteiger partial charge in [0.1, 0.15) is 0 Å². The molecule has 1 atom stereocenters. The summed E-state index contributed by atoms with van der Waals surface area (Å²) in [5, 5.41) is 0. The molecule has 0 amide bonds. The number of piperidine rings is 1. The number of likely N-dealkylation sites (N-methyl/N-ethyl adjacent to an activating group) is 1. The summed E-state index contributed by atoms with van der Waals surface area (Å²) >= 11 is 0. The summed E-state index contributed by atoms with van der Waals surface area (Å²) in [5.74, 6) is 0.803. The molecule has 0 N–H and O–H groups in total. The van der Waals surface area contributed by atoms with Crippen LogP contribution in [0.3, 0.4) is 0 Å². The molecule has 0 aliphatic carbocycles. The molecule has 1 heterocycles. The Morgan fingerprint density at radius 2 is 1.88 bits per heavy atom. The van der Waals surface area contributed by atoms with E-state index < -0.39 is 0 Å². The molecule has 1 saturated heterocycles. The second kappa shape index (κ2) is 7.29. The van der Waals surface area contributed by atoms with Crippen LogP contribution in [0.4, 0.5) is 0 Å². The third-order valence-electron chi connectivity index (χ3n) is 3.71. The van der Waals surface area contributed by atoms with E-state index in [0.29, 0.717) is 0 Å². The Balaban J connectivity index is 2.45. The average molecular weight is 226 g/mol. The first-order valence-electron chi connectivity index (χ1n) is 7.13. The Morgan fingerprint density at radius 1 is 1.19 bits per heavy atom. The minimum atomic E-state index is 0.803.